The number of rotatable bonds is 7. The quantitative estimate of drug-likeness (QED) is 0.747. The van der Waals surface area contributed by atoms with Crippen molar-refractivity contribution in [3.63, 3.8) is 0 Å². The number of aliphatic carboxylic acids is 1. The van der Waals surface area contributed by atoms with E-state index in [1.807, 2.05) is 12.1 Å². The summed E-state index contributed by atoms with van der Waals surface area (Å²) >= 11 is 0. The fraction of sp³-hybridized carbons (Fsp3) is 0.533. The van der Waals surface area contributed by atoms with E-state index in [4.69, 9.17) is 14.6 Å². The number of ether oxygens (including phenoxy) is 2. The van der Waals surface area contributed by atoms with E-state index in [1.165, 1.54) is 5.56 Å². The number of carbonyl (C=O) groups is 1. The molecule has 5 nitrogen and oxygen atoms in total. The van der Waals surface area contributed by atoms with Crippen molar-refractivity contribution in [2.75, 3.05) is 13.7 Å². The summed E-state index contributed by atoms with van der Waals surface area (Å²) in [5, 5.41) is 11.8. The molecule has 0 saturated heterocycles. The topological polar surface area (TPSA) is 67.8 Å². The SMILES string of the molecule is COc1cc2c(cc1CNCCCC(=O)O)OC(C)C2. The fourth-order valence-corrected chi connectivity index (χ4v) is 2.40. The first-order valence-electron chi connectivity index (χ1n) is 6.89. The van der Waals surface area contributed by atoms with Crippen LogP contribution in [-0.2, 0) is 17.8 Å². The van der Waals surface area contributed by atoms with Crippen LogP contribution in [0.4, 0.5) is 0 Å². The third-order valence-electron chi connectivity index (χ3n) is 3.36. The Morgan fingerprint density at radius 1 is 1.55 bits per heavy atom. The molecule has 0 saturated carbocycles. The second kappa shape index (κ2) is 6.61. The molecule has 1 heterocycles. The Morgan fingerprint density at radius 2 is 2.35 bits per heavy atom. The van der Waals surface area contributed by atoms with Gasteiger partial charge < -0.3 is 19.9 Å². The van der Waals surface area contributed by atoms with E-state index >= 15 is 0 Å². The molecule has 0 bridgehead atoms. The van der Waals surface area contributed by atoms with Gasteiger partial charge in [0.05, 0.1) is 7.11 Å². The van der Waals surface area contributed by atoms with Crippen LogP contribution in [0, 0.1) is 0 Å². The lowest BCUT2D eigenvalue weighted by molar-refractivity contribution is -0.137. The zero-order valence-corrected chi connectivity index (χ0v) is 11.9. The summed E-state index contributed by atoms with van der Waals surface area (Å²) in [5.74, 6) is 1.03. The molecular formula is C15H21NO4. The number of nitrogens with one attached hydrogen (secondary N) is 1. The van der Waals surface area contributed by atoms with E-state index in [2.05, 4.69) is 12.2 Å². The molecule has 1 atom stereocenters. The number of benzene rings is 1. The van der Waals surface area contributed by atoms with Crippen LogP contribution in [0.25, 0.3) is 0 Å². The van der Waals surface area contributed by atoms with Crippen molar-refractivity contribution < 1.29 is 19.4 Å². The first-order valence-corrected chi connectivity index (χ1v) is 6.89. The lowest BCUT2D eigenvalue weighted by Crippen LogP contribution is -2.16. The monoisotopic (exact) mass is 279 g/mol. The minimum absolute atomic E-state index is 0.189. The van der Waals surface area contributed by atoms with Gasteiger partial charge in [-0.3, -0.25) is 4.79 Å². The summed E-state index contributed by atoms with van der Waals surface area (Å²) in [6, 6.07) is 4.05. The predicted molar refractivity (Wildman–Crippen MR) is 75.4 cm³/mol. The first kappa shape index (κ1) is 14.7. The van der Waals surface area contributed by atoms with Crippen molar-refractivity contribution in [1.29, 1.82) is 0 Å². The van der Waals surface area contributed by atoms with E-state index in [-0.39, 0.29) is 12.5 Å². The molecule has 2 rings (SSSR count). The van der Waals surface area contributed by atoms with E-state index in [1.54, 1.807) is 7.11 Å². The molecule has 1 aromatic rings. The van der Waals surface area contributed by atoms with Gasteiger partial charge in [0.15, 0.2) is 0 Å². The van der Waals surface area contributed by atoms with Gasteiger partial charge in [-0.25, -0.2) is 0 Å². The zero-order chi connectivity index (χ0) is 14.5. The van der Waals surface area contributed by atoms with Crippen molar-refractivity contribution in [3.05, 3.63) is 23.3 Å². The van der Waals surface area contributed by atoms with Gasteiger partial charge in [0.2, 0.25) is 0 Å². The lowest BCUT2D eigenvalue weighted by Gasteiger charge is -2.12. The van der Waals surface area contributed by atoms with Gasteiger partial charge in [-0.15, -0.1) is 0 Å². The zero-order valence-electron chi connectivity index (χ0n) is 11.9. The molecule has 1 unspecified atom stereocenters. The second-order valence-corrected chi connectivity index (χ2v) is 5.08. The van der Waals surface area contributed by atoms with Crippen LogP contribution in [0.15, 0.2) is 12.1 Å². The predicted octanol–water partition coefficient (Wildman–Crippen LogP) is 1.97. The van der Waals surface area contributed by atoms with E-state index < -0.39 is 5.97 Å². The van der Waals surface area contributed by atoms with Crippen LogP contribution in [0.1, 0.15) is 30.9 Å². The number of fused-ring (bicyclic) bond motifs is 1. The highest BCUT2D eigenvalue weighted by Crippen LogP contribution is 2.34. The molecule has 5 heteroatoms. The van der Waals surface area contributed by atoms with Gasteiger partial charge >= 0.3 is 5.97 Å². The first-order chi connectivity index (χ1) is 9.60. The van der Waals surface area contributed by atoms with E-state index in [0.29, 0.717) is 19.5 Å². The van der Waals surface area contributed by atoms with Gasteiger partial charge in [-0.1, -0.05) is 0 Å². The van der Waals surface area contributed by atoms with Crippen LogP contribution >= 0.6 is 0 Å². The van der Waals surface area contributed by atoms with Crippen molar-refractivity contribution in [2.24, 2.45) is 0 Å². The molecule has 0 aromatic heterocycles. The highest BCUT2D eigenvalue weighted by molar-refractivity contribution is 5.66. The van der Waals surface area contributed by atoms with Gasteiger partial charge in [0.1, 0.15) is 17.6 Å². The van der Waals surface area contributed by atoms with Gasteiger partial charge in [-0.2, -0.15) is 0 Å². The Bertz CT molecular complexity index is 487. The molecule has 0 fully saturated rings. The number of carboxylic acids is 1. The molecule has 0 radical (unpaired) electrons. The van der Waals surface area contributed by atoms with Crippen LogP contribution < -0.4 is 14.8 Å². The molecule has 2 N–H and O–H groups in total. The van der Waals surface area contributed by atoms with E-state index in [9.17, 15) is 4.79 Å². The summed E-state index contributed by atoms with van der Waals surface area (Å²) in [7, 11) is 1.66. The molecular weight excluding hydrogens is 258 g/mol. The minimum atomic E-state index is -0.760. The Kier molecular flexibility index (Phi) is 4.84. The van der Waals surface area contributed by atoms with Gasteiger partial charge in [0, 0.05) is 30.5 Å². The normalized spacial score (nSPS) is 16.6. The minimum Gasteiger partial charge on any atom is -0.496 e. The Balaban J connectivity index is 1.94. The maximum absolute atomic E-state index is 10.4. The van der Waals surface area contributed by atoms with Crippen molar-refractivity contribution in [3.8, 4) is 11.5 Å². The standard InChI is InChI=1S/C15H21NO4/c1-10-6-11-7-13(19-2)12(8-14(11)20-10)9-16-5-3-4-15(17)18/h7-8,10,16H,3-6,9H2,1-2H3,(H,17,18). The van der Waals surface area contributed by atoms with Crippen LogP contribution in [0.2, 0.25) is 0 Å². The summed E-state index contributed by atoms with van der Waals surface area (Å²) in [6.45, 7) is 3.37. The summed E-state index contributed by atoms with van der Waals surface area (Å²) in [5.41, 5.74) is 2.22. The smallest absolute Gasteiger partial charge is 0.303 e. The molecule has 20 heavy (non-hydrogen) atoms. The Hall–Kier alpha value is -1.75. The van der Waals surface area contributed by atoms with Crippen LogP contribution in [-0.4, -0.2) is 30.8 Å². The number of hydrogen-bond donors (Lipinski definition) is 2. The summed E-state index contributed by atoms with van der Waals surface area (Å²) in [6.07, 6.45) is 1.94. The highest BCUT2D eigenvalue weighted by atomic mass is 16.5. The van der Waals surface area contributed by atoms with Crippen molar-refractivity contribution in [1.82, 2.24) is 5.32 Å². The number of hydrogen-bond acceptors (Lipinski definition) is 4. The average Bonchev–Trinajstić information content (AvgIpc) is 2.76. The Morgan fingerprint density at radius 3 is 3.05 bits per heavy atom. The fourth-order valence-electron chi connectivity index (χ4n) is 2.40. The van der Waals surface area contributed by atoms with Crippen molar-refractivity contribution >= 4 is 5.97 Å². The third kappa shape index (κ3) is 3.63. The van der Waals surface area contributed by atoms with Gasteiger partial charge in [-0.05, 0) is 32.0 Å². The van der Waals surface area contributed by atoms with Gasteiger partial charge in [0.25, 0.3) is 0 Å². The third-order valence-corrected chi connectivity index (χ3v) is 3.36. The number of methoxy groups -OCH3 is 1. The van der Waals surface area contributed by atoms with Crippen LogP contribution in [0.3, 0.4) is 0 Å². The lowest BCUT2D eigenvalue weighted by atomic mass is 10.1. The molecule has 0 spiro atoms. The summed E-state index contributed by atoms with van der Waals surface area (Å²) < 4.78 is 11.2. The molecule has 0 amide bonds. The number of carboxylic acid groups (broad SMARTS) is 1. The average molecular weight is 279 g/mol. The molecule has 1 aliphatic rings. The van der Waals surface area contributed by atoms with E-state index in [0.717, 1.165) is 23.5 Å². The second-order valence-electron chi connectivity index (χ2n) is 5.08. The maximum Gasteiger partial charge on any atom is 0.303 e. The van der Waals surface area contributed by atoms with Crippen LogP contribution in [0.5, 0.6) is 11.5 Å². The summed E-state index contributed by atoms with van der Waals surface area (Å²) in [4.78, 5) is 10.4. The Labute approximate surface area is 118 Å². The van der Waals surface area contributed by atoms with Crippen molar-refractivity contribution in [2.45, 2.75) is 38.8 Å². The molecule has 110 valence electrons. The largest absolute Gasteiger partial charge is 0.496 e. The highest BCUT2D eigenvalue weighted by Gasteiger charge is 2.21. The molecule has 0 aliphatic carbocycles. The molecule has 1 aromatic carbocycles. The maximum atomic E-state index is 10.4. The molecule has 1 aliphatic heterocycles.